The molecule has 0 saturated heterocycles. The van der Waals surface area contributed by atoms with Gasteiger partial charge in [0, 0.05) is 11.1 Å². The summed E-state index contributed by atoms with van der Waals surface area (Å²) in [6.07, 6.45) is 1.54. The Morgan fingerprint density at radius 2 is 1.29 bits per heavy atom. The molecule has 0 aliphatic carbocycles. The molecule has 0 radical (unpaired) electrons. The van der Waals surface area contributed by atoms with Gasteiger partial charge in [-0.15, -0.1) is 0 Å². The summed E-state index contributed by atoms with van der Waals surface area (Å²) < 4.78 is 0. The van der Waals surface area contributed by atoms with Gasteiger partial charge in [0.2, 0.25) is 11.8 Å². The Kier molecular flexibility index (Phi) is 2.06. The fourth-order valence-corrected chi connectivity index (χ4v) is 2.17. The van der Waals surface area contributed by atoms with Gasteiger partial charge in [-0.3, -0.25) is 9.59 Å². The molecule has 2 aliphatic heterocycles. The first kappa shape index (κ1) is 9.24. The van der Waals surface area contributed by atoms with E-state index in [1.165, 1.54) is 0 Å². The molecule has 76 valence electrons. The Hall–Kier alpha value is -1.32. The average molecular weight is 194 g/mol. The second-order valence-corrected chi connectivity index (χ2v) is 3.70. The molecule has 4 heteroatoms. The van der Waals surface area contributed by atoms with Crippen molar-refractivity contribution in [3.63, 3.8) is 0 Å². The summed E-state index contributed by atoms with van der Waals surface area (Å²) in [5, 5.41) is 5.65. The molecule has 0 saturated carbocycles. The number of nitrogens with one attached hydrogen (secondary N) is 2. The number of hydrogen-bond donors (Lipinski definition) is 2. The maximum absolute atomic E-state index is 11.6. The summed E-state index contributed by atoms with van der Waals surface area (Å²) in [6.45, 7) is 3.93. The molecular weight excluding hydrogens is 180 g/mol. The van der Waals surface area contributed by atoms with Gasteiger partial charge in [0.15, 0.2) is 0 Å². The lowest BCUT2D eigenvalue weighted by Gasteiger charge is -2.13. The fraction of sp³-hybridized carbons (Fsp3) is 0.600. The van der Waals surface area contributed by atoms with Crippen molar-refractivity contribution in [2.75, 3.05) is 0 Å². The molecule has 0 aromatic heterocycles. The summed E-state index contributed by atoms with van der Waals surface area (Å²) in [5.74, 6) is -0.144. The summed E-state index contributed by atoms with van der Waals surface area (Å²) in [4.78, 5) is 23.2. The van der Waals surface area contributed by atoms with Crippen molar-refractivity contribution in [2.24, 2.45) is 0 Å². The van der Waals surface area contributed by atoms with Crippen LogP contribution in [0, 0.1) is 0 Å². The molecule has 0 fully saturated rings. The molecule has 2 aliphatic rings. The highest BCUT2D eigenvalue weighted by Crippen LogP contribution is 2.28. The lowest BCUT2D eigenvalue weighted by Crippen LogP contribution is -2.39. The molecule has 4 nitrogen and oxygen atoms in total. The third kappa shape index (κ3) is 1.06. The molecule has 2 amide bonds. The normalized spacial score (nSPS) is 30.4. The number of hydrogen-bond acceptors (Lipinski definition) is 2. The van der Waals surface area contributed by atoms with Crippen molar-refractivity contribution >= 4 is 11.8 Å². The van der Waals surface area contributed by atoms with Crippen LogP contribution in [0.15, 0.2) is 11.1 Å². The summed E-state index contributed by atoms with van der Waals surface area (Å²) in [7, 11) is 0. The van der Waals surface area contributed by atoms with E-state index in [2.05, 4.69) is 10.6 Å². The van der Waals surface area contributed by atoms with E-state index in [0.29, 0.717) is 11.1 Å². The zero-order chi connectivity index (χ0) is 10.3. The van der Waals surface area contributed by atoms with Crippen molar-refractivity contribution in [3.8, 4) is 0 Å². The number of rotatable bonds is 2. The first-order valence-electron chi connectivity index (χ1n) is 5.04. The molecule has 2 heterocycles. The van der Waals surface area contributed by atoms with Crippen LogP contribution in [0.1, 0.15) is 26.7 Å². The van der Waals surface area contributed by atoms with E-state index in [1.807, 2.05) is 13.8 Å². The maximum atomic E-state index is 11.6. The molecule has 2 N–H and O–H groups in total. The van der Waals surface area contributed by atoms with Gasteiger partial charge in [-0.1, -0.05) is 13.8 Å². The van der Waals surface area contributed by atoms with Gasteiger partial charge < -0.3 is 10.6 Å². The molecule has 0 aromatic rings. The second-order valence-electron chi connectivity index (χ2n) is 3.70. The van der Waals surface area contributed by atoms with Crippen LogP contribution in [-0.4, -0.2) is 23.9 Å². The third-order valence-electron chi connectivity index (χ3n) is 2.90. The van der Waals surface area contributed by atoms with Gasteiger partial charge in [-0.25, -0.2) is 0 Å². The highest BCUT2D eigenvalue weighted by Gasteiger charge is 2.43. The van der Waals surface area contributed by atoms with E-state index in [-0.39, 0.29) is 23.9 Å². The van der Waals surface area contributed by atoms with Gasteiger partial charge in [0.1, 0.15) is 0 Å². The predicted molar refractivity (Wildman–Crippen MR) is 51.5 cm³/mol. The summed E-state index contributed by atoms with van der Waals surface area (Å²) in [5.41, 5.74) is 1.34. The molecule has 2 atom stereocenters. The van der Waals surface area contributed by atoms with Crippen molar-refractivity contribution < 1.29 is 9.59 Å². The summed E-state index contributed by atoms with van der Waals surface area (Å²) in [6, 6.07) is -0.150. The largest absolute Gasteiger partial charge is 0.345 e. The molecule has 14 heavy (non-hydrogen) atoms. The highest BCUT2D eigenvalue weighted by molar-refractivity contribution is 6.13. The average Bonchev–Trinajstić information content (AvgIpc) is 2.67. The standard InChI is InChI=1S/C10H14N2O2/c1-3-5-7-8(10(14)11-5)6(4-2)12-9(7)13/h5-6H,3-4H2,1-2H3,(H,11,14)(H,12,13). The van der Waals surface area contributed by atoms with E-state index >= 15 is 0 Å². The topological polar surface area (TPSA) is 58.2 Å². The van der Waals surface area contributed by atoms with Crippen LogP contribution >= 0.6 is 0 Å². The smallest absolute Gasteiger partial charge is 0.250 e. The molecule has 0 bridgehead atoms. The Morgan fingerprint density at radius 1 is 0.929 bits per heavy atom. The first-order valence-corrected chi connectivity index (χ1v) is 5.04. The number of carbonyl (C=O) groups is 2. The third-order valence-corrected chi connectivity index (χ3v) is 2.90. The molecular formula is C10H14N2O2. The van der Waals surface area contributed by atoms with E-state index in [9.17, 15) is 9.59 Å². The van der Waals surface area contributed by atoms with Gasteiger partial charge in [0.25, 0.3) is 0 Å². The van der Waals surface area contributed by atoms with Crippen LogP contribution in [0.4, 0.5) is 0 Å². The minimum Gasteiger partial charge on any atom is -0.345 e. The molecule has 0 aromatic carbocycles. The van der Waals surface area contributed by atoms with Crippen molar-refractivity contribution in [3.05, 3.63) is 11.1 Å². The first-order chi connectivity index (χ1) is 6.69. The van der Waals surface area contributed by atoms with Crippen LogP contribution in [-0.2, 0) is 9.59 Å². The highest BCUT2D eigenvalue weighted by atomic mass is 16.2. The van der Waals surface area contributed by atoms with Crippen LogP contribution < -0.4 is 10.6 Å². The number of amides is 2. The Balaban J connectivity index is 2.40. The second kappa shape index (κ2) is 3.12. The minimum atomic E-state index is -0.0750. The molecule has 2 rings (SSSR count). The Bertz CT molecular complexity index is 301. The Morgan fingerprint density at radius 3 is 1.57 bits per heavy atom. The van der Waals surface area contributed by atoms with Gasteiger partial charge in [-0.05, 0) is 12.8 Å². The van der Waals surface area contributed by atoms with Crippen LogP contribution in [0.5, 0.6) is 0 Å². The number of carbonyl (C=O) groups excluding carboxylic acids is 2. The van der Waals surface area contributed by atoms with E-state index in [1.54, 1.807) is 0 Å². The van der Waals surface area contributed by atoms with Crippen molar-refractivity contribution in [1.29, 1.82) is 0 Å². The predicted octanol–water partition coefficient (Wildman–Crippen LogP) is 0.0998. The van der Waals surface area contributed by atoms with Crippen molar-refractivity contribution in [2.45, 2.75) is 38.8 Å². The van der Waals surface area contributed by atoms with Gasteiger partial charge in [0.05, 0.1) is 12.1 Å². The zero-order valence-corrected chi connectivity index (χ0v) is 8.39. The van der Waals surface area contributed by atoms with Crippen molar-refractivity contribution in [1.82, 2.24) is 10.6 Å². The van der Waals surface area contributed by atoms with E-state index in [4.69, 9.17) is 0 Å². The van der Waals surface area contributed by atoms with Crippen LogP contribution in [0.3, 0.4) is 0 Å². The Labute approximate surface area is 82.7 Å². The van der Waals surface area contributed by atoms with E-state index in [0.717, 1.165) is 12.8 Å². The monoisotopic (exact) mass is 194 g/mol. The lowest BCUT2D eigenvalue weighted by molar-refractivity contribution is -0.118. The fourth-order valence-electron chi connectivity index (χ4n) is 2.17. The van der Waals surface area contributed by atoms with Gasteiger partial charge in [-0.2, -0.15) is 0 Å². The van der Waals surface area contributed by atoms with E-state index < -0.39 is 0 Å². The zero-order valence-electron chi connectivity index (χ0n) is 8.39. The van der Waals surface area contributed by atoms with Crippen LogP contribution in [0.2, 0.25) is 0 Å². The SMILES string of the molecule is CCC1NC(=O)C2=C1C(=O)NC2CC. The molecule has 2 unspecified atom stereocenters. The van der Waals surface area contributed by atoms with Crippen LogP contribution in [0.25, 0.3) is 0 Å². The summed E-state index contributed by atoms with van der Waals surface area (Å²) >= 11 is 0. The lowest BCUT2D eigenvalue weighted by atomic mass is 10.0. The minimum absolute atomic E-state index is 0.0722. The quantitative estimate of drug-likeness (QED) is 0.655. The van der Waals surface area contributed by atoms with Gasteiger partial charge >= 0.3 is 0 Å². The maximum Gasteiger partial charge on any atom is 0.250 e. The molecule has 0 spiro atoms.